The van der Waals surface area contributed by atoms with Crippen molar-refractivity contribution in [2.75, 3.05) is 34.6 Å². The summed E-state index contributed by atoms with van der Waals surface area (Å²) in [5.41, 5.74) is 7.28. The molecule has 0 saturated carbocycles. The lowest BCUT2D eigenvalue weighted by atomic mass is 10.2. The number of carbonyl (C=O) groups excluding carboxylic acids is 1. The number of amides is 1. The Labute approximate surface area is 124 Å². The van der Waals surface area contributed by atoms with Gasteiger partial charge in [0.25, 0.3) is 0 Å². The molecule has 1 amide bonds. The molecule has 0 aliphatic rings. The number of nitrogens with two attached hydrogens (primary N) is 1. The van der Waals surface area contributed by atoms with Crippen LogP contribution in [0.5, 0.6) is 0 Å². The van der Waals surface area contributed by atoms with Gasteiger partial charge in [0.05, 0.1) is 11.5 Å². The zero-order valence-electron chi connectivity index (χ0n) is 11.8. The molecule has 1 aromatic rings. The van der Waals surface area contributed by atoms with Gasteiger partial charge in [-0.1, -0.05) is 0 Å². The number of benzene rings is 1. The molecule has 0 saturated heterocycles. The van der Waals surface area contributed by atoms with Crippen molar-refractivity contribution < 1.29 is 21.6 Å². The topological polar surface area (TPSA) is 123 Å². The predicted molar refractivity (Wildman–Crippen MR) is 82.6 cm³/mol. The Hall–Kier alpha value is -1.61. The maximum absolute atomic E-state index is 11.7. The number of hydrogen-bond donors (Lipinski definition) is 2. The largest absolute Gasteiger partial charge is 0.399 e. The van der Waals surface area contributed by atoms with E-state index in [-0.39, 0.29) is 0 Å². The minimum atomic E-state index is -3.77. The molecule has 0 aliphatic carbocycles. The number of sulfone groups is 2. The average Bonchev–Trinajstić information content (AvgIpc) is 2.29. The molecule has 1 aromatic carbocycles. The van der Waals surface area contributed by atoms with Crippen LogP contribution >= 0.6 is 0 Å². The monoisotopic (exact) mass is 334 g/mol. The van der Waals surface area contributed by atoms with E-state index >= 15 is 0 Å². The van der Waals surface area contributed by atoms with Gasteiger partial charge in [0.1, 0.15) is 15.6 Å². The molecule has 0 aromatic heterocycles. The third kappa shape index (κ3) is 6.58. The Morgan fingerprint density at radius 3 is 2.33 bits per heavy atom. The highest BCUT2D eigenvalue weighted by atomic mass is 32.2. The van der Waals surface area contributed by atoms with E-state index in [1.165, 1.54) is 0 Å². The smallest absolute Gasteiger partial charge is 0.239 e. The normalized spacial score (nSPS) is 12.1. The minimum Gasteiger partial charge on any atom is -0.399 e. The van der Waals surface area contributed by atoms with Crippen LogP contribution in [0.4, 0.5) is 11.4 Å². The molecule has 0 unspecified atom stereocenters. The summed E-state index contributed by atoms with van der Waals surface area (Å²) in [5.74, 6) is -2.54. The van der Waals surface area contributed by atoms with Crippen molar-refractivity contribution in [1.82, 2.24) is 0 Å². The summed E-state index contributed by atoms with van der Waals surface area (Å²) in [6.07, 6.45) is 0.945. The number of hydrogen-bond acceptors (Lipinski definition) is 6. The third-order valence-electron chi connectivity index (χ3n) is 2.64. The SMILES string of the molecule is Cc1cc(N)ccc1NC(=O)CS(=O)(=O)CCS(C)(=O)=O. The van der Waals surface area contributed by atoms with Gasteiger partial charge in [-0.3, -0.25) is 4.79 Å². The summed E-state index contributed by atoms with van der Waals surface area (Å²) in [6.45, 7) is 1.73. The highest BCUT2D eigenvalue weighted by Crippen LogP contribution is 2.17. The molecule has 0 aliphatic heterocycles. The summed E-state index contributed by atoms with van der Waals surface area (Å²) in [7, 11) is -7.16. The summed E-state index contributed by atoms with van der Waals surface area (Å²) in [5, 5.41) is 2.47. The quantitative estimate of drug-likeness (QED) is 0.704. The van der Waals surface area contributed by atoms with Crippen molar-refractivity contribution in [3.63, 3.8) is 0 Å². The maximum Gasteiger partial charge on any atom is 0.239 e. The van der Waals surface area contributed by atoms with E-state index in [4.69, 9.17) is 5.73 Å². The predicted octanol–water partition coefficient (Wildman–Crippen LogP) is -0.0249. The average molecular weight is 334 g/mol. The van der Waals surface area contributed by atoms with Gasteiger partial charge in [0.2, 0.25) is 5.91 Å². The fraction of sp³-hybridized carbons (Fsp3) is 0.417. The van der Waals surface area contributed by atoms with Crippen molar-refractivity contribution >= 4 is 37.0 Å². The fourth-order valence-electron chi connectivity index (χ4n) is 1.56. The lowest BCUT2D eigenvalue weighted by Gasteiger charge is -2.09. The van der Waals surface area contributed by atoms with Crippen molar-refractivity contribution in [2.45, 2.75) is 6.92 Å². The highest BCUT2D eigenvalue weighted by Gasteiger charge is 2.19. The molecule has 0 radical (unpaired) electrons. The number of rotatable bonds is 6. The van der Waals surface area contributed by atoms with Gasteiger partial charge in [-0.05, 0) is 30.7 Å². The second-order valence-corrected chi connectivity index (χ2v) is 9.29. The first-order valence-electron chi connectivity index (χ1n) is 6.03. The van der Waals surface area contributed by atoms with E-state index < -0.39 is 42.8 Å². The molecule has 0 bridgehead atoms. The zero-order valence-corrected chi connectivity index (χ0v) is 13.4. The van der Waals surface area contributed by atoms with E-state index in [0.717, 1.165) is 6.26 Å². The van der Waals surface area contributed by atoms with Crippen molar-refractivity contribution in [3.05, 3.63) is 23.8 Å². The van der Waals surface area contributed by atoms with Crippen LogP contribution in [0.1, 0.15) is 5.56 Å². The second-order valence-electron chi connectivity index (χ2n) is 4.84. The van der Waals surface area contributed by atoms with Crippen LogP contribution in [0.15, 0.2) is 18.2 Å². The van der Waals surface area contributed by atoms with Crippen LogP contribution in [0.3, 0.4) is 0 Å². The lowest BCUT2D eigenvalue weighted by Crippen LogP contribution is -2.27. The van der Waals surface area contributed by atoms with Gasteiger partial charge in [0.15, 0.2) is 9.84 Å². The van der Waals surface area contributed by atoms with E-state index in [1.54, 1.807) is 25.1 Å². The molecule has 1 rings (SSSR count). The molecule has 0 spiro atoms. The lowest BCUT2D eigenvalue weighted by molar-refractivity contribution is -0.113. The Balaban J connectivity index is 2.68. The van der Waals surface area contributed by atoms with Crippen LogP contribution in [0.25, 0.3) is 0 Å². The number of carbonyl (C=O) groups is 1. The number of nitrogen functional groups attached to an aromatic ring is 1. The van der Waals surface area contributed by atoms with E-state index in [2.05, 4.69) is 5.32 Å². The first-order valence-corrected chi connectivity index (χ1v) is 9.91. The fourth-order valence-corrected chi connectivity index (χ4v) is 4.41. The molecule has 0 heterocycles. The number of anilines is 2. The standard InChI is InChI=1S/C12H18N2O5S2/c1-9-7-10(13)3-4-11(9)14-12(15)8-21(18,19)6-5-20(2,16)17/h3-4,7H,5-6,8,13H2,1-2H3,(H,14,15). The van der Waals surface area contributed by atoms with Gasteiger partial charge >= 0.3 is 0 Å². The Morgan fingerprint density at radius 2 is 1.81 bits per heavy atom. The molecule has 7 nitrogen and oxygen atoms in total. The van der Waals surface area contributed by atoms with E-state index in [0.29, 0.717) is 16.9 Å². The van der Waals surface area contributed by atoms with Crippen LogP contribution in [-0.2, 0) is 24.5 Å². The Kier molecular flexibility index (Phi) is 5.35. The maximum atomic E-state index is 11.7. The summed E-state index contributed by atoms with van der Waals surface area (Å²) in [4.78, 5) is 11.7. The van der Waals surface area contributed by atoms with E-state index in [9.17, 15) is 21.6 Å². The second kappa shape index (κ2) is 6.44. The molecular weight excluding hydrogens is 316 g/mol. The van der Waals surface area contributed by atoms with E-state index in [1.807, 2.05) is 0 Å². The molecule has 3 N–H and O–H groups in total. The van der Waals surface area contributed by atoms with Crippen LogP contribution in [0.2, 0.25) is 0 Å². The summed E-state index contributed by atoms with van der Waals surface area (Å²) < 4.78 is 45.3. The van der Waals surface area contributed by atoms with Crippen LogP contribution in [0, 0.1) is 6.92 Å². The molecule has 0 fully saturated rings. The number of nitrogens with one attached hydrogen (secondary N) is 1. The Bertz CT molecular complexity index is 739. The minimum absolute atomic E-state index is 0.465. The number of aryl methyl sites for hydroxylation is 1. The zero-order chi connectivity index (χ0) is 16.3. The molecule has 0 atom stereocenters. The first kappa shape index (κ1) is 17.4. The van der Waals surface area contributed by atoms with Crippen molar-refractivity contribution in [3.8, 4) is 0 Å². The molecule has 9 heteroatoms. The van der Waals surface area contributed by atoms with Crippen molar-refractivity contribution in [1.29, 1.82) is 0 Å². The first-order chi connectivity index (χ1) is 9.48. The van der Waals surface area contributed by atoms with Gasteiger partial charge < -0.3 is 11.1 Å². The summed E-state index contributed by atoms with van der Waals surface area (Å²) >= 11 is 0. The molecular formula is C12H18N2O5S2. The van der Waals surface area contributed by atoms with Gasteiger partial charge in [-0.2, -0.15) is 0 Å². The van der Waals surface area contributed by atoms with Gasteiger partial charge in [-0.15, -0.1) is 0 Å². The molecule has 21 heavy (non-hydrogen) atoms. The summed E-state index contributed by atoms with van der Waals surface area (Å²) in [6, 6.07) is 4.81. The highest BCUT2D eigenvalue weighted by molar-refractivity contribution is 7.95. The Morgan fingerprint density at radius 1 is 1.19 bits per heavy atom. The van der Waals surface area contributed by atoms with Gasteiger partial charge in [-0.25, -0.2) is 16.8 Å². The van der Waals surface area contributed by atoms with Crippen LogP contribution < -0.4 is 11.1 Å². The van der Waals surface area contributed by atoms with Gasteiger partial charge in [0, 0.05) is 17.6 Å². The van der Waals surface area contributed by atoms with Crippen LogP contribution in [-0.4, -0.2) is 46.3 Å². The third-order valence-corrected chi connectivity index (χ3v) is 5.37. The molecule has 118 valence electrons. The van der Waals surface area contributed by atoms with Crippen molar-refractivity contribution in [2.24, 2.45) is 0 Å².